The number of aromatic nitrogens is 2. The van der Waals surface area contributed by atoms with E-state index < -0.39 is 0 Å². The summed E-state index contributed by atoms with van der Waals surface area (Å²) in [6, 6.07) is 7.58. The minimum Gasteiger partial charge on any atom is -0.493 e. The van der Waals surface area contributed by atoms with Gasteiger partial charge in [-0.25, -0.2) is 9.97 Å². The lowest BCUT2D eigenvalue weighted by Crippen LogP contribution is -2.27. The second kappa shape index (κ2) is 8.86. The van der Waals surface area contributed by atoms with Gasteiger partial charge in [-0.1, -0.05) is 6.07 Å². The first-order valence-electron chi connectivity index (χ1n) is 8.11. The van der Waals surface area contributed by atoms with Crippen molar-refractivity contribution in [2.24, 2.45) is 0 Å². The van der Waals surface area contributed by atoms with E-state index in [0.29, 0.717) is 36.0 Å². The highest BCUT2D eigenvalue weighted by atomic mass is 16.5. The second-order valence-corrected chi connectivity index (χ2v) is 5.78. The van der Waals surface area contributed by atoms with E-state index in [1.807, 2.05) is 32.0 Å². The molecule has 0 radical (unpaired) electrons. The maximum Gasteiger partial charge on any atom is 0.270 e. The van der Waals surface area contributed by atoms with Crippen LogP contribution < -0.4 is 20.1 Å². The molecular formula is C18H24N4O3. The van der Waals surface area contributed by atoms with Gasteiger partial charge in [0.15, 0.2) is 11.5 Å². The van der Waals surface area contributed by atoms with Crippen LogP contribution in [0.25, 0.3) is 0 Å². The topological polar surface area (TPSA) is 85.4 Å². The average Bonchev–Trinajstić information content (AvgIpc) is 2.61. The van der Waals surface area contributed by atoms with Crippen molar-refractivity contribution in [3.05, 3.63) is 41.9 Å². The number of nitrogens with zero attached hydrogens (tertiary/aromatic N) is 2. The molecule has 2 N–H and O–H groups in total. The van der Waals surface area contributed by atoms with Crippen LogP contribution in [0.1, 0.15) is 29.9 Å². The third kappa shape index (κ3) is 5.34. The number of carbonyl (C=O) groups is 1. The second-order valence-electron chi connectivity index (χ2n) is 5.78. The van der Waals surface area contributed by atoms with Gasteiger partial charge in [0.05, 0.1) is 14.2 Å². The zero-order valence-corrected chi connectivity index (χ0v) is 15.0. The Balaban J connectivity index is 1.92. The summed E-state index contributed by atoms with van der Waals surface area (Å²) in [6.07, 6.45) is 2.06. The van der Waals surface area contributed by atoms with Crippen molar-refractivity contribution in [2.75, 3.05) is 26.1 Å². The number of ether oxygens (including phenoxy) is 2. The van der Waals surface area contributed by atoms with E-state index in [2.05, 4.69) is 20.6 Å². The zero-order chi connectivity index (χ0) is 18.2. The molecule has 0 saturated heterocycles. The van der Waals surface area contributed by atoms with Gasteiger partial charge in [-0.3, -0.25) is 4.79 Å². The molecule has 0 aliphatic carbocycles. The number of benzene rings is 1. The third-order valence-electron chi connectivity index (χ3n) is 3.48. The van der Waals surface area contributed by atoms with Crippen LogP contribution in [-0.2, 0) is 6.42 Å². The van der Waals surface area contributed by atoms with E-state index in [0.717, 1.165) is 5.56 Å². The minimum absolute atomic E-state index is 0.227. The fraction of sp³-hybridized carbons (Fsp3) is 0.389. The molecule has 0 spiro atoms. The Morgan fingerprint density at radius 1 is 1.12 bits per heavy atom. The molecule has 1 amide bonds. The van der Waals surface area contributed by atoms with Crippen LogP contribution in [0.5, 0.6) is 11.5 Å². The normalized spacial score (nSPS) is 10.4. The highest BCUT2D eigenvalue weighted by Crippen LogP contribution is 2.27. The molecule has 0 bridgehead atoms. The van der Waals surface area contributed by atoms with E-state index >= 15 is 0 Å². The number of hydrogen-bond acceptors (Lipinski definition) is 6. The van der Waals surface area contributed by atoms with Gasteiger partial charge in [-0.05, 0) is 38.0 Å². The van der Waals surface area contributed by atoms with E-state index in [1.54, 1.807) is 20.3 Å². The molecule has 1 aromatic heterocycles. The fourth-order valence-corrected chi connectivity index (χ4v) is 2.30. The fourth-order valence-electron chi connectivity index (χ4n) is 2.30. The molecule has 0 aliphatic rings. The third-order valence-corrected chi connectivity index (χ3v) is 3.48. The maximum absolute atomic E-state index is 12.2. The molecule has 7 nitrogen and oxygen atoms in total. The Morgan fingerprint density at radius 2 is 1.88 bits per heavy atom. The molecule has 25 heavy (non-hydrogen) atoms. The van der Waals surface area contributed by atoms with Crippen molar-refractivity contribution >= 4 is 11.7 Å². The predicted molar refractivity (Wildman–Crippen MR) is 96.4 cm³/mol. The lowest BCUT2D eigenvalue weighted by atomic mass is 10.1. The van der Waals surface area contributed by atoms with E-state index in [9.17, 15) is 4.79 Å². The first-order valence-corrected chi connectivity index (χ1v) is 8.11. The Hall–Kier alpha value is -2.83. The van der Waals surface area contributed by atoms with Crippen LogP contribution in [-0.4, -0.2) is 42.7 Å². The minimum atomic E-state index is -0.227. The summed E-state index contributed by atoms with van der Waals surface area (Å²) in [5.74, 6) is 1.76. The first-order chi connectivity index (χ1) is 12.0. The summed E-state index contributed by atoms with van der Waals surface area (Å²) in [6.45, 7) is 4.50. The monoisotopic (exact) mass is 344 g/mol. The van der Waals surface area contributed by atoms with Crippen LogP contribution in [0, 0.1) is 0 Å². The molecule has 7 heteroatoms. The molecular weight excluding hydrogens is 320 g/mol. The highest BCUT2D eigenvalue weighted by Gasteiger charge is 2.09. The molecule has 134 valence electrons. The lowest BCUT2D eigenvalue weighted by molar-refractivity contribution is 0.0949. The number of hydrogen-bond donors (Lipinski definition) is 2. The smallest absolute Gasteiger partial charge is 0.270 e. The molecule has 2 rings (SSSR count). The summed E-state index contributed by atoms with van der Waals surface area (Å²) in [4.78, 5) is 20.3. The molecule has 0 saturated carbocycles. The molecule has 1 aromatic carbocycles. The number of methoxy groups -OCH3 is 2. The summed E-state index contributed by atoms with van der Waals surface area (Å²) in [5, 5.41) is 6.01. The van der Waals surface area contributed by atoms with Gasteiger partial charge in [0.2, 0.25) is 0 Å². The Kier molecular flexibility index (Phi) is 6.56. The molecule has 0 unspecified atom stereocenters. The van der Waals surface area contributed by atoms with Gasteiger partial charge in [-0.15, -0.1) is 0 Å². The van der Waals surface area contributed by atoms with Gasteiger partial charge in [0.1, 0.15) is 17.8 Å². The Morgan fingerprint density at radius 3 is 2.56 bits per heavy atom. The maximum atomic E-state index is 12.2. The van der Waals surface area contributed by atoms with Crippen molar-refractivity contribution in [3.63, 3.8) is 0 Å². The van der Waals surface area contributed by atoms with Crippen LogP contribution in [0.3, 0.4) is 0 Å². The molecule has 1 heterocycles. The predicted octanol–water partition coefficient (Wildman–Crippen LogP) is 2.29. The number of carbonyl (C=O) groups excluding carboxylic acids is 1. The summed E-state index contributed by atoms with van der Waals surface area (Å²) in [7, 11) is 3.20. The summed E-state index contributed by atoms with van der Waals surface area (Å²) >= 11 is 0. The van der Waals surface area contributed by atoms with Crippen LogP contribution in [0.2, 0.25) is 0 Å². The lowest BCUT2D eigenvalue weighted by Gasteiger charge is -2.11. The average molecular weight is 344 g/mol. The van der Waals surface area contributed by atoms with Crippen molar-refractivity contribution in [1.29, 1.82) is 0 Å². The van der Waals surface area contributed by atoms with E-state index in [1.165, 1.54) is 6.33 Å². The SMILES string of the molecule is COc1ccc(CCNC(=O)c2cc(NC(C)C)ncn2)cc1OC. The van der Waals surface area contributed by atoms with Crippen molar-refractivity contribution in [3.8, 4) is 11.5 Å². The standard InChI is InChI=1S/C18H24N4O3/c1-12(2)22-17-10-14(20-11-21-17)18(23)19-8-7-13-5-6-15(24-3)16(9-13)25-4/h5-6,9-12H,7-8H2,1-4H3,(H,19,23)(H,20,21,22). The van der Waals surface area contributed by atoms with Gasteiger partial charge in [-0.2, -0.15) is 0 Å². The number of anilines is 1. The van der Waals surface area contributed by atoms with Gasteiger partial charge >= 0.3 is 0 Å². The molecule has 0 aliphatic heterocycles. The van der Waals surface area contributed by atoms with Crippen LogP contribution in [0.15, 0.2) is 30.6 Å². The molecule has 2 aromatic rings. The number of rotatable bonds is 8. The number of nitrogens with one attached hydrogen (secondary N) is 2. The summed E-state index contributed by atoms with van der Waals surface area (Å²) < 4.78 is 10.5. The largest absolute Gasteiger partial charge is 0.493 e. The zero-order valence-electron chi connectivity index (χ0n) is 15.0. The van der Waals surface area contributed by atoms with E-state index in [-0.39, 0.29) is 11.9 Å². The van der Waals surface area contributed by atoms with Crippen molar-refractivity contribution in [1.82, 2.24) is 15.3 Å². The van der Waals surface area contributed by atoms with Crippen molar-refractivity contribution in [2.45, 2.75) is 26.3 Å². The number of amides is 1. The van der Waals surface area contributed by atoms with Crippen molar-refractivity contribution < 1.29 is 14.3 Å². The van der Waals surface area contributed by atoms with Crippen LogP contribution >= 0.6 is 0 Å². The van der Waals surface area contributed by atoms with E-state index in [4.69, 9.17) is 9.47 Å². The molecule has 0 fully saturated rings. The molecule has 0 atom stereocenters. The highest BCUT2D eigenvalue weighted by molar-refractivity contribution is 5.92. The van der Waals surface area contributed by atoms with Gasteiger partial charge in [0, 0.05) is 18.7 Å². The quantitative estimate of drug-likeness (QED) is 0.764. The van der Waals surface area contributed by atoms with Crippen LogP contribution in [0.4, 0.5) is 5.82 Å². The summed E-state index contributed by atoms with van der Waals surface area (Å²) in [5.41, 5.74) is 1.38. The van der Waals surface area contributed by atoms with Gasteiger partial charge in [0.25, 0.3) is 5.91 Å². The Bertz CT molecular complexity index is 719. The Labute approximate surface area is 147 Å². The van der Waals surface area contributed by atoms with Gasteiger partial charge < -0.3 is 20.1 Å². The first kappa shape index (κ1) is 18.5.